The van der Waals surface area contributed by atoms with E-state index in [-0.39, 0.29) is 11.9 Å². The molecule has 1 heterocycles. The van der Waals surface area contributed by atoms with E-state index < -0.39 is 0 Å². The zero-order chi connectivity index (χ0) is 13.9. The molecule has 3 rings (SSSR count). The summed E-state index contributed by atoms with van der Waals surface area (Å²) in [6.07, 6.45) is 5.71. The minimum Gasteiger partial charge on any atom is -0.327 e. The number of likely N-dealkylation sites (tertiary alicyclic amines) is 1. The Bertz CT molecular complexity index is 500. The van der Waals surface area contributed by atoms with Crippen molar-refractivity contribution in [3.8, 4) is 0 Å². The van der Waals surface area contributed by atoms with E-state index in [2.05, 4.69) is 22.3 Å². The van der Waals surface area contributed by atoms with E-state index in [1.807, 2.05) is 6.07 Å². The topological polar surface area (TPSA) is 58.4 Å². The third-order valence-electron chi connectivity index (χ3n) is 4.29. The predicted molar refractivity (Wildman–Crippen MR) is 80.7 cm³/mol. The van der Waals surface area contributed by atoms with E-state index >= 15 is 0 Å². The Morgan fingerprint density at radius 3 is 3.00 bits per heavy atom. The molecule has 0 aromatic heterocycles. The standard InChI is InChI=1S/C16H23N3O/c17-14-5-2-8-19(10-14)11-16(20)18-15-7-6-12-3-1-4-13(12)9-15/h6-7,9,14H,1-5,8,10-11,17H2,(H,18,20). The first-order chi connectivity index (χ1) is 9.70. The van der Waals surface area contributed by atoms with Crippen molar-refractivity contribution in [3.05, 3.63) is 29.3 Å². The first kappa shape index (κ1) is 13.6. The fourth-order valence-corrected chi connectivity index (χ4v) is 3.29. The Hall–Kier alpha value is -1.39. The van der Waals surface area contributed by atoms with Gasteiger partial charge in [-0.05, 0) is 61.9 Å². The average Bonchev–Trinajstić information content (AvgIpc) is 2.86. The summed E-state index contributed by atoms with van der Waals surface area (Å²) in [6.45, 7) is 2.26. The summed E-state index contributed by atoms with van der Waals surface area (Å²) >= 11 is 0. The molecule has 1 aromatic carbocycles. The highest BCUT2D eigenvalue weighted by molar-refractivity contribution is 5.92. The van der Waals surface area contributed by atoms with Crippen molar-refractivity contribution < 1.29 is 4.79 Å². The summed E-state index contributed by atoms with van der Waals surface area (Å²) in [5.74, 6) is 0.0667. The molecule has 108 valence electrons. The van der Waals surface area contributed by atoms with Crippen LogP contribution in [0.3, 0.4) is 0 Å². The highest BCUT2D eigenvalue weighted by atomic mass is 16.2. The Morgan fingerprint density at radius 2 is 2.15 bits per heavy atom. The largest absolute Gasteiger partial charge is 0.327 e. The van der Waals surface area contributed by atoms with E-state index in [4.69, 9.17) is 5.73 Å². The fourth-order valence-electron chi connectivity index (χ4n) is 3.29. The summed E-state index contributed by atoms with van der Waals surface area (Å²) in [6, 6.07) is 6.51. The van der Waals surface area contributed by atoms with Crippen molar-refractivity contribution >= 4 is 11.6 Å². The number of piperidine rings is 1. The molecule has 4 nitrogen and oxygen atoms in total. The molecule has 3 N–H and O–H groups in total. The van der Waals surface area contributed by atoms with Crippen LogP contribution in [-0.2, 0) is 17.6 Å². The van der Waals surface area contributed by atoms with Crippen LogP contribution in [-0.4, -0.2) is 36.5 Å². The highest BCUT2D eigenvalue weighted by Gasteiger charge is 2.19. The van der Waals surface area contributed by atoms with Crippen LogP contribution in [0.25, 0.3) is 0 Å². The Kier molecular flexibility index (Phi) is 4.03. The molecule has 2 aliphatic rings. The minimum atomic E-state index is 0.0667. The van der Waals surface area contributed by atoms with Gasteiger partial charge in [-0.15, -0.1) is 0 Å². The predicted octanol–water partition coefficient (Wildman–Crippen LogP) is 1.54. The second-order valence-corrected chi connectivity index (χ2v) is 6.02. The number of nitrogens with two attached hydrogens (primary N) is 1. The monoisotopic (exact) mass is 273 g/mol. The van der Waals surface area contributed by atoms with Crippen molar-refractivity contribution in [2.45, 2.75) is 38.1 Å². The quantitative estimate of drug-likeness (QED) is 0.878. The van der Waals surface area contributed by atoms with Crippen molar-refractivity contribution in [3.63, 3.8) is 0 Å². The number of nitrogens with zero attached hydrogens (tertiary/aromatic N) is 1. The van der Waals surface area contributed by atoms with Gasteiger partial charge in [-0.2, -0.15) is 0 Å². The lowest BCUT2D eigenvalue weighted by Gasteiger charge is -2.29. The van der Waals surface area contributed by atoms with Crippen LogP contribution in [0, 0.1) is 0 Å². The molecule has 1 amide bonds. The molecule has 0 radical (unpaired) electrons. The van der Waals surface area contributed by atoms with Gasteiger partial charge in [-0.1, -0.05) is 6.07 Å². The zero-order valence-corrected chi connectivity index (χ0v) is 11.9. The number of fused-ring (bicyclic) bond motifs is 1. The van der Waals surface area contributed by atoms with Crippen LogP contribution < -0.4 is 11.1 Å². The van der Waals surface area contributed by atoms with Gasteiger partial charge in [0.1, 0.15) is 0 Å². The third-order valence-corrected chi connectivity index (χ3v) is 4.29. The van der Waals surface area contributed by atoms with Gasteiger partial charge in [0, 0.05) is 18.3 Å². The SMILES string of the molecule is NC1CCCN(CC(=O)Nc2ccc3c(c2)CCC3)C1. The lowest BCUT2D eigenvalue weighted by Crippen LogP contribution is -2.45. The highest BCUT2D eigenvalue weighted by Crippen LogP contribution is 2.24. The van der Waals surface area contributed by atoms with Crippen LogP contribution in [0.1, 0.15) is 30.4 Å². The number of nitrogens with one attached hydrogen (secondary N) is 1. The average molecular weight is 273 g/mol. The number of hydrogen-bond acceptors (Lipinski definition) is 3. The molecule has 1 aromatic rings. The number of amides is 1. The molecule has 1 saturated heterocycles. The molecule has 0 bridgehead atoms. The van der Waals surface area contributed by atoms with Crippen molar-refractivity contribution in [1.29, 1.82) is 0 Å². The smallest absolute Gasteiger partial charge is 0.238 e. The van der Waals surface area contributed by atoms with Crippen LogP contribution in [0.5, 0.6) is 0 Å². The number of aryl methyl sites for hydroxylation is 2. The Balaban J connectivity index is 1.56. The van der Waals surface area contributed by atoms with Crippen LogP contribution in [0.2, 0.25) is 0 Å². The second-order valence-electron chi connectivity index (χ2n) is 6.02. The first-order valence-electron chi connectivity index (χ1n) is 7.60. The number of anilines is 1. The van der Waals surface area contributed by atoms with E-state index in [9.17, 15) is 4.79 Å². The van der Waals surface area contributed by atoms with Gasteiger partial charge in [0.2, 0.25) is 5.91 Å². The molecule has 4 heteroatoms. The van der Waals surface area contributed by atoms with Gasteiger partial charge in [-0.3, -0.25) is 9.69 Å². The van der Waals surface area contributed by atoms with Crippen molar-refractivity contribution in [2.75, 3.05) is 25.0 Å². The molecule has 1 fully saturated rings. The van der Waals surface area contributed by atoms with Crippen molar-refractivity contribution in [2.24, 2.45) is 5.73 Å². The van der Waals surface area contributed by atoms with Gasteiger partial charge in [0.15, 0.2) is 0 Å². The molecule has 0 saturated carbocycles. The Labute approximate surface area is 120 Å². The van der Waals surface area contributed by atoms with Crippen LogP contribution >= 0.6 is 0 Å². The fraction of sp³-hybridized carbons (Fsp3) is 0.562. The first-order valence-corrected chi connectivity index (χ1v) is 7.60. The maximum absolute atomic E-state index is 12.1. The van der Waals surface area contributed by atoms with Gasteiger partial charge in [-0.25, -0.2) is 0 Å². The number of carbonyl (C=O) groups is 1. The molecule has 0 spiro atoms. The summed E-state index contributed by atoms with van der Waals surface area (Å²) < 4.78 is 0. The molecular weight excluding hydrogens is 250 g/mol. The molecule has 1 atom stereocenters. The van der Waals surface area contributed by atoms with E-state index in [1.54, 1.807) is 0 Å². The third kappa shape index (κ3) is 3.19. The van der Waals surface area contributed by atoms with Gasteiger partial charge in [0.05, 0.1) is 6.54 Å². The summed E-state index contributed by atoms with van der Waals surface area (Å²) in [4.78, 5) is 14.2. The van der Waals surface area contributed by atoms with Gasteiger partial charge in [0.25, 0.3) is 0 Å². The normalized spacial score (nSPS) is 22.6. The summed E-state index contributed by atoms with van der Waals surface area (Å²) in [7, 11) is 0. The maximum Gasteiger partial charge on any atom is 0.238 e. The molecule has 1 unspecified atom stereocenters. The molecule has 1 aliphatic carbocycles. The van der Waals surface area contributed by atoms with Crippen molar-refractivity contribution in [1.82, 2.24) is 4.90 Å². The Morgan fingerprint density at radius 1 is 1.30 bits per heavy atom. The summed E-state index contributed by atoms with van der Waals surface area (Å²) in [5.41, 5.74) is 9.70. The molecule has 1 aliphatic heterocycles. The number of hydrogen-bond donors (Lipinski definition) is 2. The number of rotatable bonds is 3. The molecular formula is C16H23N3O. The molecule has 20 heavy (non-hydrogen) atoms. The van der Waals surface area contributed by atoms with Crippen LogP contribution in [0.15, 0.2) is 18.2 Å². The van der Waals surface area contributed by atoms with E-state index in [0.717, 1.165) is 38.0 Å². The number of benzene rings is 1. The maximum atomic E-state index is 12.1. The summed E-state index contributed by atoms with van der Waals surface area (Å²) in [5, 5.41) is 3.01. The van der Waals surface area contributed by atoms with Gasteiger partial charge >= 0.3 is 0 Å². The minimum absolute atomic E-state index is 0.0667. The van der Waals surface area contributed by atoms with Gasteiger partial charge < -0.3 is 11.1 Å². The second kappa shape index (κ2) is 5.94. The lowest BCUT2D eigenvalue weighted by molar-refractivity contribution is -0.117. The van der Waals surface area contributed by atoms with E-state index in [0.29, 0.717) is 6.54 Å². The van der Waals surface area contributed by atoms with Crippen LogP contribution in [0.4, 0.5) is 5.69 Å². The van der Waals surface area contributed by atoms with E-state index in [1.165, 1.54) is 24.0 Å². The zero-order valence-electron chi connectivity index (χ0n) is 11.9. The number of carbonyl (C=O) groups excluding carboxylic acids is 1. The lowest BCUT2D eigenvalue weighted by atomic mass is 10.1.